The molecular weight excluding hydrogens is 452 g/mol. The molecule has 0 aliphatic carbocycles. The van der Waals surface area contributed by atoms with Crippen molar-refractivity contribution in [3.63, 3.8) is 0 Å². The second kappa shape index (κ2) is 8.25. The number of benzene rings is 1. The number of hydrogen-bond donors (Lipinski definition) is 3. The van der Waals surface area contributed by atoms with E-state index in [0.29, 0.717) is 38.8 Å². The number of fused-ring (bicyclic) bond motifs is 2. The summed E-state index contributed by atoms with van der Waals surface area (Å²) in [6.45, 7) is 8.11. The molecule has 1 aliphatic heterocycles. The number of hydrogen-bond acceptors (Lipinski definition) is 6. The summed E-state index contributed by atoms with van der Waals surface area (Å²) in [5, 5.41) is 9.95. The lowest BCUT2D eigenvalue weighted by molar-refractivity contribution is 0.0917. The predicted molar refractivity (Wildman–Crippen MR) is 135 cm³/mol. The number of halogens is 1. The predicted octanol–water partition coefficient (Wildman–Crippen LogP) is 3.79. The van der Waals surface area contributed by atoms with Crippen molar-refractivity contribution in [2.75, 3.05) is 25.9 Å². The second-order valence-electron chi connectivity index (χ2n) is 10.0. The molecular formula is C24H29ClN8O. The summed E-state index contributed by atoms with van der Waals surface area (Å²) in [6.07, 6.45) is 3.35. The van der Waals surface area contributed by atoms with Gasteiger partial charge in [-0.3, -0.25) is 4.79 Å². The number of nitrogens with zero attached hydrogens (tertiary/aromatic N) is 5. The van der Waals surface area contributed by atoms with E-state index >= 15 is 0 Å². The average Bonchev–Trinajstić information content (AvgIpc) is 3.34. The lowest BCUT2D eigenvalue weighted by Gasteiger charge is -2.29. The van der Waals surface area contributed by atoms with Gasteiger partial charge in [0.25, 0.3) is 5.91 Å². The smallest absolute Gasteiger partial charge is 0.251 e. The molecule has 5 rings (SSSR count). The number of H-pyrrole nitrogens is 1. The number of nitrogens with two attached hydrogens (primary N) is 1. The van der Waals surface area contributed by atoms with Crippen molar-refractivity contribution in [2.24, 2.45) is 0 Å². The van der Waals surface area contributed by atoms with Crippen molar-refractivity contribution >= 4 is 45.3 Å². The van der Waals surface area contributed by atoms with Gasteiger partial charge in [0.1, 0.15) is 17.8 Å². The summed E-state index contributed by atoms with van der Waals surface area (Å²) in [5.41, 5.74) is 9.11. The van der Waals surface area contributed by atoms with Gasteiger partial charge in [0.2, 0.25) is 0 Å². The Bertz CT molecular complexity index is 1390. The van der Waals surface area contributed by atoms with Crippen molar-refractivity contribution in [2.45, 2.75) is 45.2 Å². The Hall–Kier alpha value is -3.17. The maximum Gasteiger partial charge on any atom is 0.251 e. The first-order valence-corrected chi connectivity index (χ1v) is 11.8. The Morgan fingerprint density at radius 1 is 1.24 bits per heavy atom. The van der Waals surface area contributed by atoms with Crippen LogP contribution in [0.5, 0.6) is 0 Å². The van der Waals surface area contributed by atoms with Gasteiger partial charge in [0.05, 0.1) is 21.6 Å². The van der Waals surface area contributed by atoms with Crippen LogP contribution in [0, 0.1) is 0 Å². The summed E-state index contributed by atoms with van der Waals surface area (Å²) < 4.78 is 1.83. The standard InChI is InChI=1S/C24H29ClN8O/c1-24(2,3)33-22-17(21(26)27-12-28-22)19(31-33)20-18(25)15-6-5-13(11-16(15)30-20)23(34)29-14-7-9-32(4)10-8-14/h5-6,11-12,14,30H,7-10H2,1-4H3,(H,29,34)(H2,26,27,28). The van der Waals surface area contributed by atoms with Crippen LogP contribution in [0.25, 0.3) is 33.3 Å². The Morgan fingerprint density at radius 2 is 1.97 bits per heavy atom. The molecule has 9 nitrogen and oxygen atoms in total. The molecule has 1 amide bonds. The number of piperidine rings is 1. The lowest BCUT2D eigenvalue weighted by atomic mass is 10.0. The zero-order valence-electron chi connectivity index (χ0n) is 19.8. The molecule has 3 aromatic heterocycles. The van der Waals surface area contributed by atoms with Gasteiger partial charge >= 0.3 is 0 Å². The van der Waals surface area contributed by atoms with E-state index in [2.05, 4.69) is 32.2 Å². The summed E-state index contributed by atoms with van der Waals surface area (Å²) in [5.74, 6) is 0.257. The van der Waals surface area contributed by atoms with Crippen LogP contribution in [0.2, 0.25) is 5.02 Å². The first-order chi connectivity index (χ1) is 16.1. The van der Waals surface area contributed by atoms with Gasteiger partial charge in [-0.2, -0.15) is 5.10 Å². The van der Waals surface area contributed by atoms with Gasteiger partial charge in [-0.15, -0.1) is 0 Å². The molecule has 4 heterocycles. The third kappa shape index (κ3) is 3.88. The van der Waals surface area contributed by atoms with Gasteiger partial charge < -0.3 is 20.9 Å². The monoisotopic (exact) mass is 480 g/mol. The highest BCUT2D eigenvalue weighted by Crippen LogP contribution is 2.39. The number of likely N-dealkylation sites (tertiary alicyclic amines) is 1. The topological polar surface area (TPSA) is 118 Å². The van der Waals surface area contributed by atoms with Crippen LogP contribution in [-0.4, -0.2) is 61.7 Å². The van der Waals surface area contributed by atoms with E-state index in [1.807, 2.05) is 37.6 Å². The van der Waals surface area contributed by atoms with E-state index in [9.17, 15) is 4.79 Å². The highest BCUT2D eigenvalue weighted by atomic mass is 35.5. The Balaban J connectivity index is 1.54. The van der Waals surface area contributed by atoms with Gasteiger partial charge in [-0.05, 0) is 65.9 Å². The number of rotatable bonds is 3. The van der Waals surface area contributed by atoms with Gasteiger partial charge in [-0.25, -0.2) is 14.6 Å². The van der Waals surface area contributed by atoms with E-state index in [0.717, 1.165) is 36.8 Å². The zero-order valence-corrected chi connectivity index (χ0v) is 20.6. The third-order valence-electron chi connectivity index (χ3n) is 6.42. The molecule has 4 aromatic rings. The van der Waals surface area contributed by atoms with Crippen LogP contribution in [-0.2, 0) is 5.54 Å². The van der Waals surface area contributed by atoms with E-state index in [4.69, 9.17) is 22.4 Å². The molecule has 0 spiro atoms. The number of nitrogens with one attached hydrogen (secondary N) is 2. The summed E-state index contributed by atoms with van der Waals surface area (Å²) >= 11 is 6.80. The van der Waals surface area contributed by atoms with Gasteiger partial charge in [-0.1, -0.05) is 17.7 Å². The molecule has 0 bridgehead atoms. The SMILES string of the molecule is CN1CCC(NC(=O)c2ccc3c(Cl)c(-c4nn(C(C)(C)C)c5ncnc(N)c45)[nH]c3c2)CC1. The fraction of sp³-hybridized carbons (Fsp3) is 0.417. The number of anilines is 1. The highest BCUT2D eigenvalue weighted by Gasteiger charge is 2.27. The molecule has 0 unspecified atom stereocenters. The summed E-state index contributed by atoms with van der Waals surface area (Å²) in [4.78, 5) is 27.2. The first kappa shape index (κ1) is 22.6. The van der Waals surface area contributed by atoms with Crippen LogP contribution in [0.4, 0.5) is 5.82 Å². The van der Waals surface area contributed by atoms with Gasteiger partial charge in [0, 0.05) is 22.5 Å². The van der Waals surface area contributed by atoms with Crippen molar-refractivity contribution in [3.05, 3.63) is 35.1 Å². The van der Waals surface area contributed by atoms with Crippen molar-refractivity contribution in [3.8, 4) is 11.4 Å². The van der Waals surface area contributed by atoms with Crippen LogP contribution in [0.15, 0.2) is 24.5 Å². The van der Waals surface area contributed by atoms with Crippen molar-refractivity contribution < 1.29 is 4.79 Å². The van der Waals surface area contributed by atoms with Gasteiger partial charge in [0.15, 0.2) is 5.65 Å². The molecule has 178 valence electrons. The van der Waals surface area contributed by atoms with Crippen LogP contribution in [0.3, 0.4) is 0 Å². The highest BCUT2D eigenvalue weighted by molar-refractivity contribution is 6.38. The summed E-state index contributed by atoms with van der Waals surface area (Å²) in [6, 6.07) is 5.69. The molecule has 1 saturated heterocycles. The Morgan fingerprint density at radius 3 is 2.68 bits per heavy atom. The fourth-order valence-electron chi connectivity index (χ4n) is 4.51. The number of nitrogen functional groups attached to an aromatic ring is 1. The normalized spacial score (nSPS) is 15.9. The van der Waals surface area contributed by atoms with E-state index in [1.54, 1.807) is 6.07 Å². The fourth-order valence-corrected chi connectivity index (χ4v) is 4.81. The second-order valence-corrected chi connectivity index (χ2v) is 10.4. The third-order valence-corrected chi connectivity index (χ3v) is 6.81. The van der Waals surface area contributed by atoms with Crippen LogP contribution < -0.4 is 11.1 Å². The molecule has 10 heteroatoms. The minimum Gasteiger partial charge on any atom is -0.383 e. The number of carbonyl (C=O) groups is 1. The largest absolute Gasteiger partial charge is 0.383 e. The van der Waals surface area contributed by atoms with E-state index in [1.165, 1.54) is 6.33 Å². The zero-order chi connectivity index (χ0) is 24.2. The lowest BCUT2D eigenvalue weighted by Crippen LogP contribution is -2.43. The molecule has 1 aromatic carbocycles. The number of aromatic amines is 1. The van der Waals surface area contributed by atoms with Crippen molar-refractivity contribution in [1.29, 1.82) is 0 Å². The minimum absolute atomic E-state index is 0.0798. The minimum atomic E-state index is -0.324. The Kier molecular flexibility index (Phi) is 5.49. The molecule has 34 heavy (non-hydrogen) atoms. The van der Waals surface area contributed by atoms with E-state index in [-0.39, 0.29) is 17.5 Å². The molecule has 1 aliphatic rings. The molecule has 4 N–H and O–H groups in total. The van der Waals surface area contributed by atoms with Crippen LogP contribution >= 0.6 is 11.6 Å². The molecule has 0 radical (unpaired) electrons. The first-order valence-electron chi connectivity index (χ1n) is 11.4. The molecule has 0 atom stereocenters. The van der Waals surface area contributed by atoms with Crippen molar-refractivity contribution in [1.82, 2.24) is 34.9 Å². The Labute approximate surface area is 202 Å². The number of amides is 1. The molecule has 0 saturated carbocycles. The number of aromatic nitrogens is 5. The van der Waals surface area contributed by atoms with E-state index < -0.39 is 0 Å². The quantitative estimate of drug-likeness (QED) is 0.410. The number of carbonyl (C=O) groups excluding carboxylic acids is 1. The summed E-state index contributed by atoms with van der Waals surface area (Å²) in [7, 11) is 2.10. The van der Waals surface area contributed by atoms with Crippen LogP contribution in [0.1, 0.15) is 44.0 Å². The average molecular weight is 481 g/mol. The maximum absolute atomic E-state index is 12.9. The molecule has 1 fully saturated rings. The maximum atomic E-state index is 12.9.